The molecule has 9 heteroatoms. The zero-order valence-corrected chi connectivity index (χ0v) is 16.8. The quantitative estimate of drug-likeness (QED) is 0.581. The number of aromatic nitrogens is 2. The van der Waals surface area contributed by atoms with Crippen LogP contribution in [0, 0.1) is 10.9 Å². The van der Waals surface area contributed by atoms with Gasteiger partial charge in [-0.2, -0.15) is 0 Å². The second kappa shape index (κ2) is 8.79. The first-order chi connectivity index (χ1) is 12.5. The lowest BCUT2D eigenvalue weighted by atomic mass is 10.2. The molecule has 3 amide bonds. The van der Waals surface area contributed by atoms with Gasteiger partial charge in [0.1, 0.15) is 0 Å². The second-order valence-electron chi connectivity index (χ2n) is 6.12. The number of aryl methyl sites for hydroxylation is 1. The minimum atomic E-state index is -0.416. The van der Waals surface area contributed by atoms with Crippen molar-refractivity contribution in [2.24, 2.45) is 0 Å². The Morgan fingerprint density at radius 2 is 2.08 bits per heavy atom. The van der Waals surface area contributed by atoms with Gasteiger partial charge in [-0.1, -0.05) is 54.1 Å². The second-order valence-corrected chi connectivity index (χ2v) is 8.97. The van der Waals surface area contributed by atoms with Crippen LogP contribution in [0.25, 0.3) is 5.69 Å². The number of nitrogens with one attached hydrogen (secondary N) is 2. The molecule has 0 spiro atoms. The van der Waals surface area contributed by atoms with Crippen molar-refractivity contribution in [3.63, 3.8) is 0 Å². The summed E-state index contributed by atoms with van der Waals surface area (Å²) < 4.78 is 3.04. The van der Waals surface area contributed by atoms with Crippen LogP contribution in [-0.2, 0) is 4.79 Å². The van der Waals surface area contributed by atoms with Gasteiger partial charge in [-0.15, -0.1) is 5.10 Å². The predicted molar refractivity (Wildman–Crippen MR) is 107 cm³/mol. The molecule has 1 saturated carbocycles. The maximum absolute atomic E-state index is 12.0. The topological polar surface area (TPSA) is 76.0 Å². The van der Waals surface area contributed by atoms with Crippen LogP contribution in [0.2, 0.25) is 0 Å². The lowest BCUT2D eigenvalue weighted by Gasteiger charge is -2.11. The molecular weight excluding hydrogens is 388 g/mol. The molecule has 0 saturated heterocycles. The van der Waals surface area contributed by atoms with Gasteiger partial charge in [-0.25, -0.2) is 9.48 Å². The van der Waals surface area contributed by atoms with Crippen LogP contribution < -0.4 is 10.6 Å². The van der Waals surface area contributed by atoms with Crippen LogP contribution in [0.3, 0.4) is 0 Å². The molecule has 0 atom stereocenters. The number of hydrogen-bond acceptors (Lipinski definition) is 6. The molecule has 1 aromatic heterocycles. The number of hydrogen-bond donors (Lipinski definition) is 2. The largest absolute Gasteiger partial charge is 0.335 e. The van der Waals surface area contributed by atoms with Crippen LogP contribution in [0.5, 0.6) is 0 Å². The third-order valence-electron chi connectivity index (χ3n) is 4.14. The van der Waals surface area contributed by atoms with Crippen molar-refractivity contribution in [1.82, 2.24) is 20.4 Å². The Bertz CT molecular complexity index is 856. The van der Waals surface area contributed by atoms with Gasteiger partial charge in [0.25, 0.3) is 0 Å². The molecule has 0 unspecified atom stereocenters. The molecule has 2 aromatic rings. The zero-order valence-electron chi connectivity index (χ0n) is 14.4. The summed E-state index contributed by atoms with van der Waals surface area (Å²) in [5.41, 5.74) is 2.01. The van der Waals surface area contributed by atoms with Crippen molar-refractivity contribution in [2.75, 3.05) is 5.75 Å². The smallest absolute Gasteiger partial charge is 0.321 e. The summed E-state index contributed by atoms with van der Waals surface area (Å²) >= 11 is 8.02. The Morgan fingerprint density at radius 3 is 2.81 bits per heavy atom. The van der Waals surface area contributed by atoms with Gasteiger partial charge in [0.05, 0.1) is 11.4 Å². The zero-order chi connectivity index (χ0) is 18.5. The van der Waals surface area contributed by atoms with E-state index in [0.29, 0.717) is 8.29 Å². The highest BCUT2D eigenvalue weighted by Gasteiger charge is 2.18. The third-order valence-corrected chi connectivity index (χ3v) is 6.51. The van der Waals surface area contributed by atoms with Gasteiger partial charge in [-0.3, -0.25) is 10.1 Å². The first-order valence-corrected chi connectivity index (χ1v) is 10.6. The lowest BCUT2D eigenvalue weighted by Crippen LogP contribution is -2.44. The van der Waals surface area contributed by atoms with Crippen molar-refractivity contribution < 1.29 is 9.59 Å². The van der Waals surface area contributed by atoms with E-state index in [4.69, 9.17) is 12.2 Å². The average Bonchev–Trinajstić information content (AvgIpc) is 3.23. The minimum Gasteiger partial charge on any atom is -0.335 e. The standard InChI is InChI=1S/C17H20N4O2S3/c1-11-6-2-5-9-13(11)21-17(24)26-16(20-21)25-10-14(22)19-15(23)18-12-7-3-4-8-12/h2,5-6,9,12H,3-4,7-8,10H2,1H3,(H2,18,19,22,23). The number of amides is 3. The first-order valence-electron chi connectivity index (χ1n) is 8.42. The highest BCUT2D eigenvalue weighted by molar-refractivity contribution is 8.01. The molecule has 2 N–H and O–H groups in total. The number of rotatable bonds is 5. The Labute approximate surface area is 165 Å². The fourth-order valence-electron chi connectivity index (χ4n) is 2.85. The summed E-state index contributed by atoms with van der Waals surface area (Å²) in [7, 11) is 0. The summed E-state index contributed by atoms with van der Waals surface area (Å²) in [6.07, 6.45) is 4.22. The molecule has 0 aliphatic heterocycles. The summed E-state index contributed by atoms with van der Waals surface area (Å²) in [6, 6.07) is 7.63. The number of benzene rings is 1. The van der Waals surface area contributed by atoms with Crippen molar-refractivity contribution >= 4 is 47.3 Å². The number of carbonyl (C=O) groups is 2. The van der Waals surface area contributed by atoms with Crippen LogP contribution in [0.4, 0.5) is 4.79 Å². The Hall–Kier alpha value is -1.71. The SMILES string of the molecule is Cc1ccccc1-n1nc(SCC(=O)NC(=O)NC2CCCC2)sc1=S. The summed E-state index contributed by atoms with van der Waals surface area (Å²) in [5, 5.41) is 9.70. The highest BCUT2D eigenvalue weighted by Crippen LogP contribution is 2.25. The molecule has 0 bridgehead atoms. The molecule has 6 nitrogen and oxygen atoms in total. The van der Waals surface area contributed by atoms with E-state index in [1.165, 1.54) is 23.1 Å². The number of thioether (sulfide) groups is 1. The number of nitrogens with zero attached hydrogens (tertiary/aromatic N) is 2. The van der Waals surface area contributed by atoms with Crippen molar-refractivity contribution in [1.29, 1.82) is 0 Å². The van der Waals surface area contributed by atoms with Crippen molar-refractivity contribution in [2.45, 2.75) is 43.0 Å². The van der Waals surface area contributed by atoms with E-state index in [-0.39, 0.29) is 17.7 Å². The number of para-hydroxylation sites is 1. The summed E-state index contributed by atoms with van der Waals surface area (Å²) in [6.45, 7) is 2.00. The van der Waals surface area contributed by atoms with Gasteiger partial charge >= 0.3 is 6.03 Å². The molecule has 1 aliphatic rings. The minimum absolute atomic E-state index is 0.119. The molecule has 0 radical (unpaired) electrons. The van der Waals surface area contributed by atoms with E-state index in [1.807, 2.05) is 31.2 Å². The number of urea groups is 1. The molecule has 1 heterocycles. The molecule has 138 valence electrons. The van der Waals surface area contributed by atoms with Gasteiger partial charge < -0.3 is 5.32 Å². The van der Waals surface area contributed by atoms with E-state index in [0.717, 1.165) is 36.9 Å². The average molecular weight is 409 g/mol. The van der Waals surface area contributed by atoms with E-state index in [9.17, 15) is 9.59 Å². The number of carbonyl (C=O) groups excluding carboxylic acids is 2. The Morgan fingerprint density at radius 1 is 1.35 bits per heavy atom. The maximum Gasteiger partial charge on any atom is 0.321 e. The summed E-state index contributed by atoms with van der Waals surface area (Å²) in [4.78, 5) is 23.8. The molecule has 1 aliphatic carbocycles. The van der Waals surface area contributed by atoms with Gasteiger partial charge in [0, 0.05) is 6.04 Å². The fourth-order valence-corrected chi connectivity index (χ4v) is 5.00. The highest BCUT2D eigenvalue weighted by atomic mass is 32.2. The van der Waals surface area contributed by atoms with Gasteiger partial charge in [0.15, 0.2) is 8.29 Å². The third kappa shape index (κ3) is 4.93. The Kier molecular flexibility index (Phi) is 6.44. The van der Waals surface area contributed by atoms with E-state index in [2.05, 4.69) is 15.7 Å². The normalized spacial score (nSPS) is 14.3. The van der Waals surface area contributed by atoms with E-state index < -0.39 is 6.03 Å². The Balaban J connectivity index is 1.54. The van der Waals surface area contributed by atoms with E-state index >= 15 is 0 Å². The maximum atomic E-state index is 12.0. The molecule has 1 fully saturated rings. The molecule has 1 aromatic carbocycles. The van der Waals surface area contributed by atoms with Crippen LogP contribution in [0.15, 0.2) is 28.6 Å². The van der Waals surface area contributed by atoms with Crippen molar-refractivity contribution in [3.8, 4) is 5.69 Å². The fraction of sp³-hybridized carbons (Fsp3) is 0.412. The lowest BCUT2D eigenvalue weighted by molar-refractivity contribution is -0.117. The summed E-state index contributed by atoms with van der Waals surface area (Å²) in [5.74, 6) is -0.220. The van der Waals surface area contributed by atoms with Gasteiger partial charge in [-0.05, 0) is 43.6 Å². The molecular formula is C17H20N4O2S3. The van der Waals surface area contributed by atoms with E-state index in [1.54, 1.807) is 4.68 Å². The number of imide groups is 1. The van der Waals surface area contributed by atoms with Crippen LogP contribution in [-0.4, -0.2) is 33.5 Å². The first kappa shape index (κ1) is 19.1. The predicted octanol–water partition coefficient (Wildman–Crippen LogP) is 3.83. The van der Waals surface area contributed by atoms with Crippen molar-refractivity contribution in [3.05, 3.63) is 33.8 Å². The molecule has 3 rings (SSSR count). The van der Waals surface area contributed by atoms with Crippen LogP contribution in [0.1, 0.15) is 31.2 Å². The van der Waals surface area contributed by atoms with Gasteiger partial charge in [0.2, 0.25) is 5.91 Å². The van der Waals surface area contributed by atoms with Crippen LogP contribution >= 0.6 is 35.3 Å². The monoisotopic (exact) mass is 408 g/mol. The molecule has 26 heavy (non-hydrogen) atoms.